The molecule has 1 aromatic heterocycles. The Kier molecular flexibility index (Phi) is 6.04. The molecule has 0 radical (unpaired) electrons. The van der Waals surface area contributed by atoms with E-state index in [4.69, 9.17) is 4.74 Å². The second-order valence-electron chi connectivity index (χ2n) is 4.20. The van der Waals surface area contributed by atoms with Gasteiger partial charge >= 0.3 is 0 Å². The molecule has 1 aromatic rings. The lowest BCUT2D eigenvalue weighted by atomic mass is 10.2. The van der Waals surface area contributed by atoms with Gasteiger partial charge in [-0.2, -0.15) is 0 Å². The summed E-state index contributed by atoms with van der Waals surface area (Å²) in [7, 11) is 4.10. The average Bonchev–Trinajstić information content (AvgIpc) is 2.19. The average molecular weight is 224 g/mol. The lowest BCUT2D eigenvalue weighted by Gasteiger charge is -2.20. The Morgan fingerprint density at radius 1 is 1.38 bits per heavy atom. The quantitative estimate of drug-likeness (QED) is 0.786. The van der Waals surface area contributed by atoms with Crippen molar-refractivity contribution < 1.29 is 4.74 Å². The first kappa shape index (κ1) is 14.9. The topological polar surface area (TPSA) is 25.4 Å². The molecule has 0 bridgehead atoms. The van der Waals surface area contributed by atoms with E-state index in [0.29, 0.717) is 12.6 Å². The van der Waals surface area contributed by atoms with Crippen LogP contribution < -0.4 is 4.74 Å². The Labute approximate surface area is 99.4 Å². The molecule has 0 aliphatic rings. The molecule has 0 N–H and O–H groups in total. The first-order valence-electron chi connectivity index (χ1n) is 5.23. The van der Waals surface area contributed by atoms with Gasteiger partial charge in [-0.25, -0.2) is 0 Å². The molecule has 1 heterocycles. The molecule has 0 saturated heterocycles. The van der Waals surface area contributed by atoms with Gasteiger partial charge in [0.25, 0.3) is 0 Å². The predicted molar refractivity (Wildman–Crippen MR) is 69.1 cm³/mol. The highest BCUT2D eigenvalue weighted by molar-refractivity contribution is 5.27. The summed E-state index contributed by atoms with van der Waals surface area (Å²) in [6.07, 6.45) is 1.78. The summed E-state index contributed by atoms with van der Waals surface area (Å²) in [5.41, 5.74) is 2.23. The van der Waals surface area contributed by atoms with Gasteiger partial charge in [0.05, 0.1) is 6.20 Å². The molecule has 0 saturated carbocycles. The minimum Gasteiger partial charge on any atom is -0.490 e. The number of hydrogen-bond donors (Lipinski definition) is 0. The van der Waals surface area contributed by atoms with E-state index in [1.165, 1.54) is 5.56 Å². The summed E-state index contributed by atoms with van der Waals surface area (Å²) in [6, 6.07) is 2.44. The van der Waals surface area contributed by atoms with Crippen LogP contribution in [0.3, 0.4) is 0 Å². The van der Waals surface area contributed by atoms with E-state index in [1.807, 2.05) is 34.0 Å². The van der Waals surface area contributed by atoms with Crippen LogP contribution in [0.2, 0.25) is 0 Å². The van der Waals surface area contributed by atoms with Gasteiger partial charge in [0, 0.05) is 11.7 Å². The zero-order chi connectivity index (χ0) is 11.4. The van der Waals surface area contributed by atoms with Crippen LogP contribution in [0.1, 0.15) is 25.6 Å². The van der Waals surface area contributed by atoms with E-state index in [1.54, 1.807) is 6.20 Å². The van der Waals surface area contributed by atoms with Gasteiger partial charge in [-0.3, -0.25) is 4.98 Å². The van der Waals surface area contributed by atoms with Gasteiger partial charge in [-0.15, -0.1) is 0 Å². The van der Waals surface area contributed by atoms with E-state index >= 15 is 0 Å². The number of aromatic nitrogens is 1. The third-order valence-corrected chi connectivity index (χ3v) is 2.69. The van der Waals surface area contributed by atoms with E-state index in [9.17, 15) is 0 Å². The summed E-state index contributed by atoms with van der Waals surface area (Å²) in [4.78, 5) is 6.40. The van der Waals surface area contributed by atoms with Crippen LogP contribution in [0.4, 0.5) is 0 Å². The van der Waals surface area contributed by atoms with Crippen molar-refractivity contribution in [2.75, 3.05) is 20.7 Å². The molecule has 0 aromatic carbocycles. The maximum atomic E-state index is 5.66. The molecule has 92 valence electrons. The molecule has 0 fully saturated rings. The monoisotopic (exact) mass is 224 g/mol. The SMILES string of the molecule is C.Cc1cc(OCC(C)N(C)C)cnc1C. The third kappa shape index (κ3) is 4.19. The van der Waals surface area contributed by atoms with Crippen LogP contribution in [0.25, 0.3) is 0 Å². The summed E-state index contributed by atoms with van der Waals surface area (Å²) >= 11 is 0. The van der Waals surface area contributed by atoms with Crippen molar-refractivity contribution in [1.82, 2.24) is 9.88 Å². The smallest absolute Gasteiger partial charge is 0.137 e. The van der Waals surface area contributed by atoms with Crippen molar-refractivity contribution in [3.8, 4) is 5.75 Å². The maximum Gasteiger partial charge on any atom is 0.137 e. The molecule has 1 rings (SSSR count). The summed E-state index contributed by atoms with van der Waals surface area (Å²) in [5.74, 6) is 0.854. The molecule has 0 amide bonds. The van der Waals surface area contributed by atoms with E-state index in [-0.39, 0.29) is 7.43 Å². The molecule has 3 heteroatoms. The van der Waals surface area contributed by atoms with Crippen LogP contribution in [0, 0.1) is 13.8 Å². The number of hydrogen-bond acceptors (Lipinski definition) is 3. The molecule has 16 heavy (non-hydrogen) atoms. The zero-order valence-electron chi connectivity index (χ0n) is 10.2. The number of likely N-dealkylation sites (N-methyl/N-ethyl adjacent to an activating group) is 1. The predicted octanol–water partition coefficient (Wildman–Crippen LogP) is 2.66. The maximum absolute atomic E-state index is 5.66. The van der Waals surface area contributed by atoms with E-state index in [2.05, 4.69) is 16.8 Å². The number of nitrogens with zero attached hydrogens (tertiary/aromatic N) is 2. The van der Waals surface area contributed by atoms with Crippen molar-refractivity contribution in [3.05, 3.63) is 23.5 Å². The Morgan fingerprint density at radius 3 is 2.50 bits per heavy atom. The fraction of sp³-hybridized carbons (Fsp3) is 0.615. The molecule has 3 nitrogen and oxygen atoms in total. The number of rotatable bonds is 4. The van der Waals surface area contributed by atoms with Gasteiger partial charge in [-0.1, -0.05) is 7.43 Å². The molecule has 0 spiro atoms. The van der Waals surface area contributed by atoms with Crippen molar-refractivity contribution >= 4 is 0 Å². The first-order valence-corrected chi connectivity index (χ1v) is 5.23. The second-order valence-corrected chi connectivity index (χ2v) is 4.20. The van der Waals surface area contributed by atoms with E-state index in [0.717, 1.165) is 11.4 Å². The highest BCUT2D eigenvalue weighted by atomic mass is 16.5. The molecule has 1 atom stereocenters. The Bertz CT molecular complexity index is 324. The van der Waals surface area contributed by atoms with Gasteiger partial charge in [0.1, 0.15) is 12.4 Å². The van der Waals surface area contributed by atoms with Crippen LogP contribution >= 0.6 is 0 Å². The Hall–Kier alpha value is -1.09. The van der Waals surface area contributed by atoms with Gasteiger partial charge < -0.3 is 9.64 Å². The highest BCUT2D eigenvalue weighted by Gasteiger charge is 2.05. The van der Waals surface area contributed by atoms with Crippen LogP contribution in [-0.2, 0) is 0 Å². The molecular formula is C13H24N2O. The molecule has 1 unspecified atom stereocenters. The summed E-state index contributed by atoms with van der Waals surface area (Å²) in [5, 5.41) is 0. The third-order valence-electron chi connectivity index (χ3n) is 2.69. The molecule has 0 aliphatic heterocycles. The van der Waals surface area contributed by atoms with Crippen molar-refractivity contribution in [1.29, 1.82) is 0 Å². The lowest BCUT2D eigenvalue weighted by molar-refractivity contribution is 0.198. The fourth-order valence-corrected chi connectivity index (χ4v) is 1.06. The van der Waals surface area contributed by atoms with Crippen molar-refractivity contribution in [2.24, 2.45) is 0 Å². The van der Waals surface area contributed by atoms with Gasteiger partial charge in [0.2, 0.25) is 0 Å². The molecular weight excluding hydrogens is 200 g/mol. The van der Waals surface area contributed by atoms with Crippen LogP contribution in [-0.4, -0.2) is 36.6 Å². The minimum absolute atomic E-state index is 0. The normalized spacial score (nSPS) is 12.1. The first-order chi connectivity index (χ1) is 7.00. The fourth-order valence-electron chi connectivity index (χ4n) is 1.06. The number of pyridine rings is 1. The Balaban J connectivity index is 0.00000225. The van der Waals surface area contributed by atoms with Crippen molar-refractivity contribution in [3.63, 3.8) is 0 Å². The van der Waals surface area contributed by atoms with Crippen LogP contribution in [0.5, 0.6) is 5.75 Å². The minimum atomic E-state index is 0. The van der Waals surface area contributed by atoms with Gasteiger partial charge in [0.15, 0.2) is 0 Å². The number of aryl methyl sites for hydroxylation is 2. The summed E-state index contributed by atoms with van der Waals surface area (Å²) in [6.45, 7) is 6.87. The van der Waals surface area contributed by atoms with Crippen molar-refractivity contribution in [2.45, 2.75) is 34.2 Å². The van der Waals surface area contributed by atoms with Crippen LogP contribution in [0.15, 0.2) is 12.3 Å². The molecule has 0 aliphatic carbocycles. The second kappa shape index (κ2) is 6.48. The highest BCUT2D eigenvalue weighted by Crippen LogP contribution is 2.14. The number of ether oxygens (including phenoxy) is 1. The van der Waals surface area contributed by atoms with Gasteiger partial charge in [-0.05, 0) is 46.5 Å². The summed E-state index contributed by atoms with van der Waals surface area (Å²) < 4.78 is 5.66. The standard InChI is InChI=1S/C12H20N2O.CH4/c1-9-6-12(7-13-11(9)3)15-8-10(2)14(4)5;/h6-7,10H,8H2,1-5H3;1H4. The van der Waals surface area contributed by atoms with E-state index < -0.39 is 0 Å². The largest absolute Gasteiger partial charge is 0.490 e. The lowest BCUT2D eigenvalue weighted by Crippen LogP contribution is -2.30. The Morgan fingerprint density at radius 2 is 2.00 bits per heavy atom. The zero-order valence-corrected chi connectivity index (χ0v) is 10.2.